The van der Waals surface area contributed by atoms with Gasteiger partial charge in [0.1, 0.15) is 5.82 Å². The maximum atomic E-state index is 13.0. The van der Waals surface area contributed by atoms with Gasteiger partial charge in [0.2, 0.25) is 0 Å². The van der Waals surface area contributed by atoms with E-state index in [4.69, 9.17) is 5.73 Å². The van der Waals surface area contributed by atoms with Crippen LogP contribution in [0, 0.1) is 11.7 Å². The van der Waals surface area contributed by atoms with E-state index in [1.807, 2.05) is 0 Å². The molecule has 0 aliphatic carbocycles. The van der Waals surface area contributed by atoms with Gasteiger partial charge in [-0.2, -0.15) is 0 Å². The molecular weight excluding hydrogens is 335 g/mol. The summed E-state index contributed by atoms with van der Waals surface area (Å²) in [6.07, 6.45) is 1.06. The quantitative estimate of drug-likeness (QED) is 0.886. The third kappa shape index (κ3) is 4.08. The minimum atomic E-state index is -0.899. The molecule has 1 saturated heterocycles. The molecule has 0 unspecified atom stereocenters. The number of amides is 1. The molecule has 6 heteroatoms. The molecule has 136 valence electrons. The first-order valence-corrected chi connectivity index (χ1v) is 8.57. The fourth-order valence-electron chi connectivity index (χ4n) is 3.22. The number of nitrogens with two attached hydrogens (primary N) is 1. The molecule has 0 aromatic heterocycles. The van der Waals surface area contributed by atoms with Gasteiger partial charge in [0.05, 0.1) is 5.92 Å². The van der Waals surface area contributed by atoms with Gasteiger partial charge < -0.3 is 15.7 Å². The number of carboxylic acid groups (broad SMARTS) is 1. The number of nitrogens with zero attached hydrogens (tertiary/aromatic N) is 1. The smallest absolute Gasteiger partial charge is 0.308 e. The molecule has 2 aromatic carbocycles. The average molecular weight is 356 g/mol. The molecule has 3 rings (SSSR count). The van der Waals surface area contributed by atoms with Crippen molar-refractivity contribution < 1.29 is 19.1 Å². The Morgan fingerprint density at radius 1 is 0.962 bits per heavy atom. The van der Waals surface area contributed by atoms with Gasteiger partial charge in [-0.1, -0.05) is 24.3 Å². The number of halogens is 1. The van der Waals surface area contributed by atoms with E-state index in [1.165, 1.54) is 17.0 Å². The lowest BCUT2D eigenvalue weighted by Crippen LogP contribution is -2.41. The number of carbonyl (C=O) groups excluding carboxylic acids is 1. The average Bonchev–Trinajstić information content (AvgIpc) is 2.84. The number of likely N-dealkylation sites (tertiary alicyclic amines) is 1. The zero-order valence-corrected chi connectivity index (χ0v) is 14.3. The van der Waals surface area contributed by atoms with Crippen molar-refractivity contribution in [1.29, 1.82) is 0 Å². The predicted octanol–water partition coefficient (Wildman–Crippen LogP) is 2.76. The predicted molar refractivity (Wildman–Crippen MR) is 96.1 cm³/mol. The van der Waals surface area contributed by atoms with E-state index < -0.39 is 11.9 Å². The first-order chi connectivity index (χ1) is 12.4. The second-order valence-electron chi connectivity index (χ2n) is 6.67. The molecule has 1 heterocycles. The van der Waals surface area contributed by atoms with Crippen molar-refractivity contribution in [2.24, 2.45) is 11.7 Å². The molecule has 1 amide bonds. The van der Waals surface area contributed by atoms with E-state index in [1.54, 1.807) is 36.4 Å². The second-order valence-corrected chi connectivity index (χ2v) is 6.67. The lowest BCUT2D eigenvalue weighted by Gasteiger charge is -2.24. The normalized spacial score (nSPS) is 20.5. The van der Waals surface area contributed by atoms with Crippen molar-refractivity contribution in [3.8, 4) is 11.1 Å². The molecule has 2 aromatic rings. The minimum absolute atomic E-state index is 0.168. The van der Waals surface area contributed by atoms with E-state index in [2.05, 4.69) is 0 Å². The lowest BCUT2D eigenvalue weighted by atomic mass is 10.0. The van der Waals surface area contributed by atoms with Crippen molar-refractivity contribution in [1.82, 2.24) is 4.90 Å². The number of hydrogen-bond donors (Lipinski definition) is 2. The number of benzene rings is 2. The molecule has 5 nitrogen and oxygen atoms in total. The fourth-order valence-corrected chi connectivity index (χ4v) is 3.22. The highest BCUT2D eigenvalue weighted by molar-refractivity contribution is 5.95. The zero-order valence-electron chi connectivity index (χ0n) is 14.3. The Morgan fingerprint density at radius 2 is 1.54 bits per heavy atom. The van der Waals surface area contributed by atoms with Gasteiger partial charge in [-0.15, -0.1) is 0 Å². The Bertz CT molecular complexity index is 790. The Morgan fingerprint density at radius 3 is 2.12 bits per heavy atom. The molecule has 1 aliphatic rings. The van der Waals surface area contributed by atoms with E-state index in [9.17, 15) is 19.1 Å². The second kappa shape index (κ2) is 7.66. The van der Waals surface area contributed by atoms with Gasteiger partial charge in [-0.05, 0) is 48.2 Å². The summed E-state index contributed by atoms with van der Waals surface area (Å²) >= 11 is 0. The van der Waals surface area contributed by atoms with E-state index in [-0.39, 0.29) is 24.3 Å². The lowest BCUT2D eigenvalue weighted by molar-refractivity contribution is -0.142. The van der Waals surface area contributed by atoms with Crippen LogP contribution in [0.1, 0.15) is 23.2 Å². The molecule has 1 fully saturated rings. The highest BCUT2D eigenvalue weighted by Crippen LogP contribution is 2.22. The van der Waals surface area contributed by atoms with Crippen LogP contribution < -0.4 is 5.73 Å². The van der Waals surface area contributed by atoms with Gasteiger partial charge >= 0.3 is 5.97 Å². The largest absolute Gasteiger partial charge is 0.481 e. The van der Waals surface area contributed by atoms with Crippen LogP contribution in [0.4, 0.5) is 4.39 Å². The maximum absolute atomic E-state index is 13.0. The summed E-state index contributed by atoms with van der Waals surface area (Å²) in [5.41, 5.74) is 8.21. The zero-order chi connectivity index (χ0) is 18.7. The fraction of sp³-hybridized carbons (Fsp3) is 0.300. The van der Waals surface area contributed by atoms with Crippen LogP contribution in [-0.4, -0.2) is 41.0 Å². The van der Waals surface area contributed by atoms with Gasteiger partial charge in [0.15, 0.2) is 0 Å². The first kappa shape index (κ1) is 18.1. The van der Waals surface area contributed by atoms with Gasteiger partial charge in [0.25, 0.3) is 5.91 Å². The SMILES string of the molecule is N[C@@H]1CC[C@H](C(=O)O)CN(C(=O)c2ccc(-c3ccc(F)cc3)cc2)C1. The van der Waals surface area contributed by atoms with Gasteiger partial charge in [-0.3, -0.25) is 9.59 Å². The summed E-state index contributed by atoms with van der Waals surface area (Å²) in [5.74, 6) is -2.01. The summed E-state index contributed by atoms with van der Waals surface area (Å²) < 4.78 is 13.0. The van der Waals surface area contributed by atoms with Crippen LogP contribution in [0.15, 0.2) is 48.5 Å². The molecule has 1 aliphatic heterocycles. The molecule has 0 bridgehead atoms. The minimum Gasteiger partial charge on any atom is -0.481 e. The molecule has 26 heavy (non-hydrogen) atoms. The van der Waals surface area contributed by atoms with Crippen LogP contribution in [0.2, 0.25) is 0 Å². The molecule has 2 atom stereocenters. The monoisotopic (exact) mass is 356 g/mol. The maximum Gasteiger partial charge on any atom is 0.308 e. The Hall–Kier alpha value is -2.73. The van der Waals surface area contributed by atoms with Crippen LogP contribution in [-0.2, 0) is 4.79 Å². The summed E-state index contributed by atoms with van der Waals surface area (Å²) in [6, 6.07) is 12.9. The molecule has 0 radical (unpaired) electrons. The van der Waals surface area contributed by atoms with Crippen LogP contribution >= 0.6 is 0 Å². The number of hydrogen-bond acceptors (Lipinski definition) is 3. The number of aliphatic carboxylic acids is 1. The summed E-state index contributed by atoms with van der Waals surface area (Å²) in [5, 5.41) is 9.30. The first-order valence-electron chi connectivity index (χ1n) is 8.57. The number of carboxylic acids is 1. The Kier molecular flexibility index (Phi) is 5.32. The Balaban J connectivity index is 1.78. The topological polar surface area (TPSA) is 83.6 Å². The number of carbonyl (C=O) groups is 2. The van der Waals surface area contributed by atoms with Crippen LogP contribution in [0.3, 0.4) is 0 Å². The highest BCUT2D eigenvalue weighted by Gasteiger charge is 2.29. The van der Waals surface area contributed by atoms with Crippen molar-refractivity contribution in [3.63, 3.8) is 0 Å². The summed E-state index contributed by atoms with van der Waals surface area (Å²) in [4.78, 5) is 25.7. The van der Waals surface area contributed by atoms with Gasteiger partial charge in [-0.25, -0.2) is 4.39 Å². The van der Waals surface area contributed by atoms with Crippen LogP contribution in [0.5, 0.6) is 0 Å². The van der Waals surface area contributed by atoms with Gasteiger partial charge in [0, 0.05) is 24.7 Å². The van der Waals surface area contributed by atoms with E-state index >= 15 is 0 Å². The Labute approximate surface area is 151 Å². The van der Waals surface area contributed by atoms with Crippen molar-refractivity contribution in [2.75, 3.05) is 13.1 Å². The van der Waals surface area contributed by atoms with Crippen molar-refractivity contribution in [3.05, 3.63) is 59.9 Å². The standard InChI is InChI=1S/C20H21FN2O3/c21-17-8-5-14(6-9-17)13-1-3-15(4-2-13)19(24)23-11-16(20(25)26)7-10-18(22)12-23/h1-6,8-9,16,18H,7,10-12,22H2,(H,25,26)/t16-,18+/m0/s1. The van der Waals surface area contributed by atoms with Crippen molar-refractivity contribution in [2.45, 2.75) is 18.9 Å². The molecule has 0 spiro atoms. The summed E-state index contributed by atoms with van der Waals surface area (Å²) in [7, 11) is 0. The number of rotatable bonds is 3. The van der Waals surface area contributed by atoms with E-state index in [0.29, 0.717) is 24.9 Å². The van der Waals surface area contributed by atoms with E-state index in [0.717, 1.165) is 11.1 Å². The highest BCUT2D eigenvalue weighted by atomic mass is 19.1. The summed E-state index contributed by atoms with van der Waals surface area (Å²) in [6.45, 7) is 0.518. The van der Waals surface area contributed by atoms with Crippen molar-refractivity contribution >= 4 is 11.9 Å². The molecule has 0 saturated carbocycles. The molecular formula is C20H21FN2O3. The van der Waals surface area contributed by atoms with Crippen LogP contribution in [0.25, 0.3) is 11.1 Å². The third-order valence-electron chi connectivity index (χ3n) is 4.73. The molecule has 3 N–H and O–H groups in total. The third-order valence-corrected chi connectivity index (χ3v) is 4.73.